The zero-order valence-corrected chi connectivity index (χ0v) is 11.7. The Hall–Kier alpha value is -0.830. The molecule has 0 aliphatic carbocycles. The van der Waals surface area contributed by atoms with Crippen LogP contribution in [0.25, 0.3) is 0 Å². The summed E-state index contributed by atoms with van der Waals surface area (Å²) in [5.41, 5.74) is 1.24. The molecule has 0 radical (unpaired) electrons. The number of hydrogen-bond donors (Lipinski definition) is 1. The minimum Gasteiger partial charge on any atom is -0.319 e. The Labute approximate surface area is 106 Å². The summed E-state index contributed by atoms with van der Waals surface area (Å²) >= 11 is 0. The molecule has 1 rings (SSSR count). The largest absolute Gasteiger partial charge is 0.319 e. The van der Waals surface area contributed by atoms with Crippen LogP contribution in [0.3, 0.4) is 0 Å². The quantitative estimate of drug-likeness (QED) is 0.753. The molecule has 1 N–H and O–H groups in total. The van der Waals surface area contributed by atoms with Crippen LogP contribution in [0.5, 0.6) is 0 Å². The Balaban J connectivity index is 2.45. The Morgan fingerprint density at radius 2 is 2.06 bits per heavy atom. The van der Waals surface area contributed by atoms with Crippen LogP contribution in [0.4, 0.5) is 0 Å². The number of hydrogen-bond acceptors (Lipinski definition) is 2. The minimum atomic E-state index is 0.568. The Morgan fingerprint density at radius 3 is 2.65 bits per heavy atom. The summed E-state index contributed by atoms with van der Waals surface area (Å²) in [6.07, 6.45) is 6.76. The molecule has 0 bridgehead atoms. The molecule has 0 aliphatic rings. The lowest BCUT2D eigenvalue weighted by molar-refractivity contribution is 0.423. The molecule has 3 heteroatoms. The minimum absolute atomic E-state index is 0.568. The van der Waals surface area contributed by atoms with Gasteiger partial charge in [-0.2, -0.15) is 5.10 Å². The van der Waals surface area contributed by atoms with Gasteiger partial charge < -0.3 is 5.32 Å². The Bertz CT molecular complexity index is 302. The molecule has 0 spiro atoms. The third-order valence-electron chi connectivity index (χ3n) is 3.43. The van der Waals surface area contributed by atoms with E-state index in [2.05, 4.69) is 48.1 Å². The normalized spacial score (nSPS) is 13.2. The molecular formula is C14H27N3. The van der Waals surface area contributed by atoms with Crippen molar-refractivity contribution in [2.24, 2.45) is 5.92 Å². The molecule has 3 nitrogen and oxygen atoms in total. The summed E-state index contributed by atoms with van der Waals surface area (Å²) < 4.78 is 2.14. The zero-order chi connectivity index (χ0) is 12.7. The van der Waals surface area contributed by atoms with E-state index in [0.717, 1.165) is 31.7 Å². The first-order chi connectivity index (χ1) is 8.21. The predicted octanol–water partition coefficient (Wildman–Crippen LogP) is 3.03. The van der Waals surface area contributed by atoms with Crippen molar-refractivity contribution in [1.29, 1.82) is 0 Å². The summed E-state index contributed by atoms with van der Waals surface area (Å²) in [4.78, 5) is 0. The van der Waals surface area contributed by atoms with Crippen molar-refractivity contribution in [3.05, 3.63) is 18.0 Å². The average molecular weight is 237 g/mol. The van der Waals surface area contributed by atoms with E-state index in [-0.39, 0.29) is 0 Å². The first-order valence-corrected chi connectivity index (χ1v) is 6.89. The number of nitrogens with zero attached hydrogens (tertiary/aromatic N) is 2. The van der Waals surface area contributed by atoms with E-state index in [9.17, 15) is 0 Å². The van der Waals surface area contributed by atoms with Gasteiger partial charge in [-0.25, -0.2) is 0 Å². The second-order valence-electron chi connectivity index (χ2n) is 4.96. The van der Waals surface area contributed by atoms with Gasteiger partial charge in [0, 0.05) is 6.20 Å². The van der Waals surface area contributed by atoms with Crippen molar-refractivity contribution >= 4 is 0 Å². The van der Waals surface area contributed by atoms with Crippen LogP contribution in [-0.2, 0) is 6.42 Å². The van der Waals surface area contributed by atoms with E-state index in [1.54, 1.807) is 0 Å². The molecule has 1 unspecified atom stereocenters. The fraction of sp³-hybridized carbons (Fsp3) is 0.786. The van der Waals surface area contributed by atoms with Crippen molar-refractivity contribution in [3.8, 4) is 0 Å². The van der Waals surface area contributed by atoms with Crippen LogP contribution < -0.4 is 5.32 Å². The summed E-state index contributed by atoms with van der Waals surface area (Å²) in [6.45, 7) is 7.83. The van der Waals surface area contributed by atoms with Gasteiger partial charge in [-0.15, -0.1) is 0 Å². The molecule has 0 saturated carbocycles. The van der Waals surface area contributed by atoms with E-state index in [4.69, 9.17) is 0 Å². The fourth-order valence-electron chi connectivity index (χ4n) is 2.22. The smallest absolute Gasteiger partial charge is 0.0624 e. The lowest BCUT2D eigenvalue weighted by Crippen LogP contribution is -2.16. The van der Waals surface area contributed by atoms with E-state index in [1.165, 1.54) is 12.1 Å². The molecule has 98 valence electrons. The topological polar surface area (TPSA) is 29.9 Å². The maximum absolute atomic E-state index is 4.68. The summed E-state index contributed by atoms with van der Waals surface area (Å²) in [7, 11) is 2.01. The van der Waals surface area contributed by atoms with Gasteiger partial charge in [0.25, 0.3) is 0 Å². The van der Waals surface area contributed by atoms with Crippen molar-refractivity contribution in [3.63, 3.8) is 0 Å². The third kappa shape index (κ3) is 4.50. The number of nitrogens with one attached hydrogen (secondary N) is 1. The molecule has 1 atom stereocenters. The number of aryl methyl sites for hydroxylation is 1. The number of rotatable bonds is 8. The van der Waals surface area contributed by atoms with Crippen LogP contribution in [0.2, 0.25) is 0 Å². The van der Waals surface area contributed by atoms with Gasteiger partial charge in [0.1, 0.15) is 0 Å². The standard InChI is InChI=1S/C14H27N3/c1-5-14(6-2)17-10-9-13(16-17)8-7-12(3)11-15-4/h9-10,12,14-15H,5-8,11H2,1-4H3. The second kappa shape index (κ2) is 7.49. The first-order valence-electron chi connectivity index (χ1n) is 6.89. The van der Waals surface area contributed by atoms with Crippen LogP contribution in [0.1, 0.15) is 51.8 Å². The van der Waals surface area contributed by atoms with Crippen molar-refractivity contribution < 1.29 is 0 Å². The molecule has 1 aromatic heterocycles. The van der Waals surface area contributed by atoms with Crippen LogP contribution >= 0.6 is 0 Å². The number of aromatic nitrogens is 2. The first kappa shape index (κ1) is 14.2. The Kier molecular flexibility index (Phi) is 6.27. The van der Waals surface area contributed by atoms with Gasteiger partial charge in [-0.1, -0.05) is 20.8 Å². The second-order valence-corrected chi connectivity index (χ2v) is 4.96. The summed E-state index contributed by atoms with van der Waals surface area (Å²) in [5, 5.41) is 7.90. The van der Waals surface area contributed by atoms with Crippen molar-refractivity contribution in [1.82, 2.24) is 15.1 Å². The Morgan fingerprint density at radius 1 is 1.35 bits per heavy atom. The van der Waals surface area contributed by atoms with Gasteiger partial charge >= 0.3 is 0 Å². The van der Waals surface area contributed by atoms with Crippen LogP contribution in [0, 0.1) is 5.92 Å². The highest BCUT2D eigenvalue weighted by atomic mass is 15.3. The zero-order valence-electron chi connectivity index (χ0n) is 11.7. The van der Waals surface area contributed by atoms with Crippen molar-refractivity contribution in [2.45, 2.75) is 52.5 Å². The van der Waals surface area contributed by atoms with Gasteiger partial charge in [0.15, 0.2) is 0 Å². The SMILES string of the molecule is CCC(CC)n1ccc(CCC(C)CNC)n1. The predicted molar refractivity (Wildman–Crippen MR) is 73.3 cm³/mol. The summed E-state index contributed by atoms with van der Waals surface area (Å²) in [6, 6.07) is 2.74. The van der Waals surface area contributed by atoms with E-state index < -0.39 is 0 Å². The molecule has 0 aliphatic heterocycles. The lowest BCUT2D eigenvalue weighted by Gasteiger charge is -2.12. The highest BCUT2D eigenvalue weighted by molar-refractivity contribution is 5.00. The maximum atomic E-state index is 4.68. The van der Waals surface area contributed by atoms with E-state index >= 15 is 0 Å². The van der Waals surface area contributed by atoms with Crippen molar-refractivity contribution in [2.75, 3.05) is 13.6 Å². The molecule has 1 heterocycles. The summed E-state index contributed by atoms with van der Waals surface area (Å²) in [5.74, 6) is 0.721. The van der Waals surface area contributed by atoms with Crippen LogP contribution in [0.15, 0.2) is 12.3 Å². The molecule has 1 aromatic rings. The van der Waals surface area contributed by atoms with Crippen LogP contribution in [-0.4, -0.2) is 23.4 Å². The molecule has 0 saturated heterocycles. The maximum Gasteiger partial charge on any atom is 0.0624 e. The van der Waals surface area contributed by atoms with E-state index in [1.807, 2.05) is 7.05 Å². The fourth-order valence-corrected chi connectivity index (χ4v) is 2.22. The molecule has 0 fully saturated rings. The van der Waals surface area contributed by atoms with Gasteiger partial charge in [-0.05, 0) is 51.3 Å². The molecule has 17 heavy (non-hydrogen) atoms. The lowest BCUT2D eigenvalue weighted by atomic mass is 10.0. The van der Waals surface area contributed by atoms with E-state index in [0.29, 0.717) is 6.04 Å². The molecule has 0 aromatic carbocycles. The highest BCUT2D eigenvalue weighted by Crippen LogP contribution is 2.15. The average Bonchev–Trinajstić information content (AvgIpc) is 2.77. The van der Waals surface area contributed by atoms with Gasteiger partial charge in [-0.3, -0.25) is 4.68 Å². The van der Waals surface area contributed by atoms with Gasteiger partial charge in [0.2, 0.25) is 0 Å². The van der Waals surface area contributed by atoms with Gasteiger partial charge in [0.05, 0.1) is 11.7 Å². The third-order valence-corrected chi connectivity index (χ3v) is 3.43. The highest BCUT2D eigenvalue weighted by Gasteiger charge is 2.08. The molecular weight excluding hydrogens is 210 g/mol. The monoisotopic (exact) mass is 237 g/mol. The molecule has 0 amide bonds.